The zero-order valence-corrected chi connectivity index (χ0v) is 12.3. The molecular weight excluding hydrogens is 230 g/mol. The first-order valence-corrected chi connectivity index (χ1v) is 7.29. The third-order valence-corrected chi connectivity index (χ3v) is 3.33. The number of thiophene rings is 1. The molecule has 0 fully saturated rings. The first kappa shape index (κ1) is 14.7. The summed E-state index contributed by atoms with van der Waals surface area (Å²) in [5.41, 5.74) is -0.0540. The summed E-state index contributed by atoms with van der Waals surface area (Å²) in [4.78, 5) is 1.43. The quantitative estimate of drug-likeness (QED) is 0.805. The first-order valence-electron chi connectivity index (χ1n) is 6.41. The lowest BCUT2D eigenvalue weighted by molar-refractivity contribution is -0.0142. The lowest BCUT2D eigenvalue weighted by atomic mass is 10.1. The van der Waals surface area contributed by atoms with Gasteiger partial charge in [0.15, 0.2) is 0 Å². The Morgan fingerprint density at radius 3 is 2.71 bits per heavy atom. The Labute approximate surface area is 109 Å². The minimum absolute atomic E-state index is 0.0540. The van der Waals surface area contributed by atoms with Gasteiger partial charge in [0.1, 0.15) is 0 Å². The fourth-order valence-corrected chi connectivity index (χ4v) is 2.35. The van der Waals surface area contributed by atoms with E-state index in [0.717, 1.165) is 26.0 Å². The minimum atomic E-state index is -0.0540. The number of rotatable bonds is 7. The van der Waals surface area contributed by atoms with Gasteiger partial charge >= 0.3 is 0 Å². The molecule has 0 aromatic carbocycles. The van der Waals surface area contributed by atoms with Gasteiger partial charge in [-0.3, -0.25) is 0 Å². The molecule has 0 bridgehead atoms. The summed E-state index contributed by atoms with van der Waals surface area (Å²) < 4.78 is 5.88. The van der Waals surface area contributed by atoms with E-state index in [0.29, 0.717) is 6.04 Å². The van der Waals surface area contributed by atoms with Crippen LogP contribution in [0.5, 0.6) is 0 Å². The number of nitrogens with one attached hydrogen (secondary N) is 1. The average Bonchev–Trinajstić information content (AvgIpc) is 2.73. The normalized spacial score (nSPS) is 13.9. The fourth-order valence-electron chi connectivity index (χ4n) is 1.56. The molecule has 2 nitrogen and oxygen atoms in total. The van der Waals surface area contributed by atoms with Crippen LogP contribution in [0.2, 0.25) is 0 Å². The molecule has 0 amide bonds. The summed E-state index contributed by atoms with van der Waals surface area (Å²) in [5, 5.41) is 5.70. The van der Waals surface area contributed by atoms with Crippen LogP contribution in [-0.2, 0) is 11.2 Å². The van der Waals surface area contributed by atoms with Gasteiger partial charge in [-0.1, -0.05) is 13.0 Å². The van der Waals surface area contributed by atoms with Gasteiger partial charge in [-0.15, -0.1) is 11.3 Å². The van der Waals surface area contributed by atoms with Crippen LogP contribution in [0.15, 0.2) is 17.5 Å². The molecule has 1 aromatic rings. The number of hydrogen-bond acceptors (Lipinski definition) is 3. The molecule has 0 radical (unpaired) electrons. The van der Waals surface area contributed by atoms with Crippen LogP contribution in [0.1, 0.15) is 39.0 Å². The summed E-state index contributed by atoms with van der Waals surface area (Å²) >= 11 is 1.82. The second-order valence-electron chi connectivity index (χ2n) is 5.36. The van der Waals surface area contributed by atoms with Crippen molar-refractivity contribution in [2.75, 3.05) is 13.2 Å². The first-order chi connectivity index (χ1) is 8.01. The standard InChI is InChI=1S/C14H25NOS/c1-5-8-15-12(11-16-14(2,3)4)10-13-7-6-9-17-13/h6-7,9,12,15H,5,8,10-11H2,1-4H3. The fraction of sp³-hybridized carbons (Fsp3) is 0.714. The van der Waals surface area contributed by atoms with E-state index in [1.165, 1.54) is 4.88 Å². The maximum Gasteiger partial charge on any atom is 0.0630 e. The Morgan fingerprint density at radius 1 is 1.41 bits per heavy atom. The highest BCUT2D eigenvalue weighted by Gasteiger charge is 2.15. The molecule has 1 atom stereocenters. The topological polar surface area (TPSA) is 21.3 Å². The van der Waals surface area contributed by atoms with Crippen LogP contribution >= 0.6 is 11.3 Å². The highest BCUT2D eigenvalue weighted by molar-refractivity contribution is 7.09. The molecule has 0 saturated heterocycles. The molecule has 1 N–H and O–H groups in total. The lowest BCUT2D eigenvalue weighted by Crippen LogP contribution is -2.38. The van der Waals surface area contributed by atoms with Crippen LogP contribution in [0, 0.1) is 0 Å². The molecule has 0 saturated carbocycles. The van der Waals surface area contributed by atoms with Crippen molar-refractivity contribution in [2.45, 2.75) is 52.2 Å². The van der Waals surface area contributed by atoms with E-state index in [1.807, 2.05) is 11.3 Å². The average molecular weight is 255 g/mol. The molecule has 98 valence electrons. The molecule has 1 rings (SSSR count). The van der Waals surface area contributed by atoms with Crippen molar-refractivity contribution in [3.63, 3.8) is 0 Å². The Balaban J connectivity index is 2.42. The van der Waals surface area contributed by atoms with Gasteiger partial charge in [0, 0.05) is 10.9 Å². The van der Waals surface area contributed by atoms with Gasteiger partial charge in [0.2, 0.25) is 0 Å². The summed E-state index contributed by atoms with van der Waals surface area (Å²) in [6, 6.07) is 4.73. The molecule has 1 unspecified atom stereocenters. The van der Waals surface area contributed by atoms with Crippen molar-refractivity contribution in [1.82, 2.24) is 5.32 Å². The minimum Gasteiger partial charge on any atom is -0.374 e. The van der Waals surface area contributed by atoms with Crippen LogP contribution in [0.3, 0.4) is 0 Å². The number of ether oxygens (including phenoxy) is 1. The maximum absolute atomic E-state index is 5.88. The van der Waals surface area contributed by atoms with Gasteiger partial charge in [-0.05, 0) is 51.6 Å². The summed E-state index contributed by atoms with van der Waals surface area (Å²) in [6.07, 6.45) is 2.23. The largest absolute Gasteiger partial charge is 0.374 e. The van der Waals surface area contributed by atoms with Crippen molar-refractivity contribution in [1.29, 1.82) is 0 Å². The molecule has 0 aliphatic carbocycles. The zero-order valence-electron chi connectivity index (χ0n) is 11.5. The van der Waals surface area contributed by atoms with Crippen LogP contribution in [-0.4, -0.2) is 24.8 Å². The smallest absolute Gasteiger partial charge is 0.0630 e. The summed E-state index contributed by atoms with van der Waals surface area (Å²) in [7, 11) is 0. The highest BCUT2D eigenvalue weighted by Crippen LogP contribution is 2.13. The van der Waals surface area contributed by atoms with Crippen molar-refractivity contribution in [3.8, 4) is 0 Å². The Bertz CT molecular complexity index is 290. The van der Waals surface area contributed by atoms with Crippen molar-refractivity contribution in [2.24, 2.45) is 0 Å². The monoisotopic (exact) mass is 255 g/mol. The molecule has 1 aromatic heterocycles. The van der Waals surface area contributed by atoms with Crippen molar-refractivity contribution >= 4 is 11.3 Å². The predicted molar refractivity (Wildman–Crippen MR) is 75.8 cm³/mol. The van der Waals surface area contributed by atoms with E-state index in [1.54, 1.807) is 0 Å². The Morgan fingerprint density at radius 2 is 2.18 bits per heavy atom. The van der Waals surface area contributed by atoms with E-state index >= 15 is 0 Å². The van der Waals surface area contributed by atoms with Gasteiger partial charge in [0.05, 0.1) is 12.2 Å². The second kappa shape index (κ2) is 7.14. The van der Waals surface area contributed by atoms with E-state index in [9.17, 15) is 0 Å². The third-order valence-electron chi connectivity index (χ3n) is 2.43. The van der Waals surface area contributed by atoms with E-state index in [-0.39, 0.29) is 5.60 Å². The molecular formula is C14H25NOS. The lowest BCUT2D eigenvalue weighted by Gasteiger charge is -2.25. The Kier molecular flexibility index (Phi) is 6.17. The molecule has 3 heteroatoms. The zero-order chi connectivity index (χ0) is 12.7. The van der Waals surface area contributed by atoms with Gasteiger partial charge < -0.3 is 10.1 Å². The molecule has 0 spiro atoms. The van der Waals surface area contributed by atoms with Gasteiger partial charge in [0.25, 0.3) is 0 Å². The Hall–Kier alpha value is -0.380. The van der Waals surface area contributed by atoms with E-state index in [4.69, 9.17) is 4.74 Å². The van der Waals surface area contributed by atoms with E-state index in [2.05, 4.69) is 50.5 Å². The SMILES string of the molecule is CCCNC(COC(C)(C)C)Cc1cccs1. The van der Waals surface area contributed by atoms with Crippen LogP contribution in [0.4, 0.5) is 0 Å². The predicted octanol–water partition coefficient (Wildman–Crippen LogP) is 3.47. The van der Waals surface area contributed by atoms with Crippen molar-refractivity contribution < 1.29 is 4.74 Å². The highest BCUT2D eigenvalue weighted by atomic mass is 32.1. The molecule has 0 aliphatic rings. The van der Waals surface area contributed by atoms with Crippen LogP contribution < -0.4 is 5.32 Å². The second-order valence-corrected chi connectivity index (χ2v) is 6.39. The molecule has 1 heterocycles. The third kappa shape index (κ3) is 6.81. The molecule has 0 aliphatic heterocycles. The summed E-state index contributed by atoms with van der Waals surface area (Å²) in [6.45, 7) is 10.4. The summed E-state index contributed by atoms with van der Waals surface area (Å²) in [5.74, 6) is 0. The number of hydrogen-bond donors (Lipinski definition) is 1. The maximum atomic E-state index is 5.88. The van der Waals surface area contributed by atoms with Crippen LogP contribution in [0.25, 0.3) is 0 Å². The van der Waals surface area contributed by atoms with Gasteiger partial charge in [-0.25, -0.2) is 0 Å². The van der Waals surface area contributed by atoms with Gasteiger partial charge in [-0.2, -0.15) is 0 Å². The van der Waals surface area contributed by atoms with E-state index < -0.39 is 0 Å². The molecule has 17 heavy (non-hydrogen) atoms. The van der Waals surface area contributed by atoms with Crippen molar-refractivity contribution in [3.05, 3.63) is 22.4 Å².